The van der Waals surface area contributed by atoms with Gasteiger partial charge in [0.2, 0.25) is 11.8 Å². The van der Waals surface area contributed by atoms with Crippen LogP contribution in [0.5, 0.6) is 0 Å². The summed E-state index contributed by atoms with van der Waals surface area (Å²) in [5.41, 5.74) is 2.70. The molecule has 6 heteroatoms. The zero-order valence-corrected chi connectivity index (χ0v) is 16.5. The lowest BCUT2D eigenvalue weighted by Gasteiger charge is -2.13. The minimum absolute atomic E-state index is 0.104. The molecule has 0 aliphatic carbocycles. The van der Waals surface area contributed by atoms with Gasteiger partial charge in [0.05, 0.1) is 16.7 Å². The van der Waals surface area contributed by atoms with Crippen molar-refractivity contribution in [2.75, 3.05) is 16.4 Å². The highest BCUT2D eigenvalue weighted by molar-refractivity contribution is 14.1. The lowest BCUT2D eigenvalue weighted by molar-refractivity contribution is -0.115. The molecule has 0 saturated heterocycles. The van der Waals surface area contributed by atoms with Gasteiger partial charge in [0.1, 0.15) is 0 Å². The molecule has 1 unspecified atom stereocenters. The standard InChI is InChI=1S/C18H19IN2O2S/c1-12-7-9-14(10-8-12)20-17(22)11-24-13(2)18(23)21-16-6-4-3-5-15(16)19/h3-10,13H,11H2,1-2H3,(H,20,22)(H,21,23). The van der Waals surface area contributed by atoms with E-state index in [0.29, 0.717) is 0 Å². The van der Waals surface area contributed by atoms with Crippen LogP contribution in [0.1, 0.15) is 12.5 Å². The molecule has 126 valence electrons. The summed E-state index contributed by atoms with van der Waals surface area (Å²) in [6, 6.07) is 15.2. The highest BCUT2D eigenvalue weighted by Gasteiger charge is 2.16. The highest BCUT2D eigenvalue weighted by Crippen LogP contribution is 2.19. The number of rotatable bonds is 6. The first-order chi connectivity index (χ1) is 11.5. The highest BCUT2D eigenvalue weighted by atomic mass is 127. The lowest BCUT2D eigenvalue weighted by Crippen LogP contribution is -2.25. The summed E-state index contributed by atoms with van der Waals surface area (Å²) in [7, 11) is 0. The van der Waals surface area contributed by atoms with Gasteiger partial charge in [-0.05, 0) is 60.7 Å². The number of carbonyl (C=O) groups is 2. The van der Waals surface area contributed by atoms with E-state index in [1.165, 1.54) is 11.8 Å². The van der Waals surface area contributed by atoms with Gasteiger partial charge in [-0.15, -0.1) is 11.8 Å². The summed E-state index contributed by atoms with van der Waals surface area (Å²) in [5.74, 6) is 0.0130. The maximum absolute atomic E-state index is 12.2. The van der Waals surface area contributed by atoms with E-state index >= 15 is 0 Å². The van der Waals surface area contributed by atoms with Gasteiger partial charge in [-0.2, -0.15) is 0 Å². The van der Waals surface area contributed by atoms with Crippen LogP contribution >= 0.6 is 34.4 Å². The first-order valence-electron chi connectivity index (χ1n) is 7.49. The second kappa shape index (κ2) is 9.08. The van der Waals surface area contributed by atoms with E-state index in [9.17, 15) is 9.59 Å². The summed E-state index contributed by atoms with van der Waals surface area (Å²) in [4.78, 5) is 24.2. The molecule has 0 radical (unpaired) electrons. The number of hydrogen-bond acceptors (Lipinski definition) is 3. The molecule has 0 fully saturated rings. The van der Waals surface area contributed by atoms with Crippen molar-refractivity contribution in [3.05, 3.63) is 57.7 Å². The Morgan fingerprint density at radius 1 is 1.08 bits per heavy atom. The fraction of sp³-hybridized carbons (Fsp3) is 0.222. The summed E-state index contributed by atoms with van der Waals surface area (Å²) in [6.07, 6.45) is 0. The van der Waals surface area contributed by atoms with Gasteiger partial charge in [0.25, 0.3) is 0 Å². The van der Waals surface area contributed by atoms with Crippen LogP contribution in [0.15, 0.2) is 48.5 Å². The zero-order valence-electron chi connectivity index (χ0n) is 13.5. The summed E-state index contributed by atoms with van der Waals surface area (Å²) >= 11 is 3.49. The maximum atomic E-state index is 12.2. The minimum atomic E-state index is -0.315. The van der Waals surface area contributed by atoms with Crippen LogP contribution in [0.2, 0.25) is 0 Å². The van der Waals surface area contributed by atoms with Crippen LogP contribution < -0.4 is 10.6 Å². The number of nitrogens with one attached hydrogen (secondary N) is 2. The number of halogens is 1. The fourth-order valence-corrected chi connectivity index (χ4v) is 3.11. The van der Waals surface area contributed by atoms with Gasteiger partial charge in [-0.25, -0.2) is 0 Å². The van der Waals surface area contributed by atoms with Crippen molar-refractivity contribution >= 4 is 57.5 Å². The van der Waals surface area contributed by atoms with Crippen LogP contribution in [-0.2, 0) is 9.59 Å². The molecule has 0 bridgehead atoms. The minimum Gasteiger partial charge on any atom is -0.325 e. The van der Waals surface area contributed by atoms with E-state index in [4.69, 9.17) is 0 Å². The van der Waals surface area contributed by atoms with Crippen LogP contribution in [-0.4, -0.2) is 22.8 Å². The number of benzene rings is 2. The van der Waals surface area contributed by atoms with Crippen LogP contribution in [0, 0.1) is 10.5 Å². The first kappa shape index (κ1) is 18.8. The first-order valence-corrected chi connectivity index (χ1v) is 9.62. The van der Waals surface area contributed by atoms with Gasteiger partial charge in [0, 0.05) is 9.26 Å². The monoisotopic (exact) mass is 454 g/mol. The van der Waals surface area contributed by atoms with Gasteiger partial charge in [0.15, 0.2) is 0 Å². The predicted molar refractivity (Wildman–Crippen MR) is 110 cm³/mol. The topological polar surface area (TPSA) is 58.2 Å². The Balaban J connectivity index is 1.80. The van der Waals surface area contributed by atoms with E-state index in [0.717, 1.165) is 20.5 Å². The number of amides is 2. The molecule has 0 aliphatic heterocycles. The molecule has 2 rings (SSSR count). The van der Waals surface area contributed by atoms with Gasteiger partial charge >= 0.3 is 0 Å². The second-order valence-corrected chi connectivity index (χ2v) is 7.83. The Labute approximate surface area is 159 Å². The number of aryl methyl sites for hydroxylation is 1. The van der Waals surface area contributed by atoms with Crippen molar-refractivity contribution in [3.63, 3.8) is 0 Å². The molecule has 0 heterocycles. The number of carbonyl (C=O) groups excluding carboxylic acids is 2. The van der Waals surface area contributed by atoms with Crippen molar-refractivity contribution in [2.45, 2.75) is 19.1 Å². The number of thioether (sulfide) groups is 1. The predicted octanol–water partition coefficient (Wildman–Crippen LogP) is 4.30. The normalized spacial score (nSPS) is 11.6. The van der Waals surface area contributed by atoms with Gasteiger partial charge in [-0.1, -0.05) is 29.8 Å². The van der Waals surface area contributed by atoms with E-state index in [1.54, 1.807) is 6.92 Å². The third kappa shape index (κ3) is 5.83. The molecule has 0 spiro atoms. The SMILES string of the molecule is Cc1ccc(NC(=O)CSC(C)C(=O)Nc2ccccc2I)cc1. The van der Waals surface area contributed by atoms with Crippen LogP contribution in [0.4, 0.5) is 11.4 Å². The molecule has 2 aromatic carbocycles. The number of para-hydroxylation sites is 1. The molecule has 1 atom stereocenters. The Kier molecular flexibility index (Phi) is 7.11. The molecular weight excluding hydrogens is 435 g/mol. The molecule has 0 aliphatic rings. The molecule has 24 heavy (non-hydrogen) atoms. The molecule has 2 N–H and O–H groups in total. The Hall–Kier alpha value is -1.54. The van der Waals surface area contributed by atoms with Crippen molar-refractivity contribution in [3.8, 4) is 0 Å². The fourth-order valence-electron chi connectivity index (χ4n) is 1.91. The van der Waals surface area contributed by atoms with E-state index in [-0.39, 0.29) is 22.8 Å². The molecular formula is C18H19IN2O2S. The molecule has 2 aromatic rings. The quantitative estimate of drug-likeness (QED) is 0.641. The van der Waals surface area contributed by atoms with E-state index in [2.05, 4.69) is 33.2 Å². The smallest absolute Gasteiger partial charge is 0.237 e. The average Bonchev–Trinajstić information content (AvgIpc) is 2.56. The number of hydrogen-bond donors (Lipinski definition) is 2. The number of anilines is 2. The third-order valence-electron chi connectivity index (χ3n) is 3.30. The Morgan fingerprint density at radius 2 is 1.75 bits per heavy atom. The van der Waals surface area contributed by atoms with Crippen LogP contribution in [0.3, 0.4) is 0 Å². The second-order valence-electron chi connectivity index (χ2n) is 5.34. The summed E-state index contributed by atoms with van der Waals surface area (Å²) in [5, 5.41) is 5.41. The molecule has 0 aromatic heterocycles. The van der Waals surface area contributed by atoms with Gasteiger partial charge in [-0.3, -0.25) is 9.59 Å². The largest absolute Gasteiger partial charge is 0.325 e. The Morgan fingerprint density at radius 3 is 2.42 bits per heavy atom. The van der Waals surface area contributed by atoms with E-state index in [1.807, 2.05) is 55.5 Å². The maximum Gasteiger partial charge on any atom is 0.237 e. The van der Waals surface area contributed by atoms with Crippen molar-refractivity contribution < 1.29 is 9.59 Å². The Bertz CT molecular complexity index is 719. The van der Waals surface area contributed by atoms with Crippen molar-refractivity contribution in [1.29, 1.82) is 0 Å². The molecule has 2 amide bonds. The lowest BCUT2D eigenvalue weighted by atomic mass is 10.2. The average molecular weight is 454 g/mol. The molecule has 0 saturated carbocycles. The van der Waals surface area contributed by atoms with Crippen molar-refractivity contribution in [1.82, 2.24) is 0 Å². The van der Waals surface area contributed by atoms with Gasteiger partial charge < -0.3 is 10.6 Å². The zero-order chi connectivity index (χ0) is 17.5. The van der Waals surface area contributed by atoms with E-state index < -0.39 is 0 Å². The van der Waals surface area contributed by atoms with Crippen LogP contribution in [0.25, 0.3) is 0 Å². The molecule has 4 nitrogen and oxygen atoms in total. The van der Waals surface area contributed by atoms with Crippen molar-refractivity contribution in [2.24, 2.45) is 0 Å². The summed E-state index contributed by atoms with van der Waals surface area (Å²) < 4.78 is 0.984. The third-order valence-corrected chi connectivity index (χ3v) is 5.38. The summed E-state index contributed by atoms with van der Waals surface area (Å²) in [6.45, 7) is 3.80.